The number of fused-ring (bicyclic) bond motifs is 6. The first kappa shape index (κ1) is 33.8. The number of esters is 1. The van der Waals surface area contributed by atoms with Gasteiger partial charge in [-0.15, -0.1) is 0 Å². The lowest BCUT2D eigenvalue weighted by Gasteiger charge is -2.63. The van der Waals surface area contributed by atoms with Gasteiger partial charge in [-0.1, -0.05) is 66.2 Å². The molecule has 1 saturated heterocycles. The number of rotatable bonds is 8. The predicted molar refractivity (Wildman–Crippen MR) is 174 cm³/mol. The van der Waals surface area contributed by atoms with Crippen molar-refractivity contribution in [2.45, 2.75) is 148 Å². The van der Waals surface area contributed by atoms with Crippen molar-refractivity contribution in [3.63, 3.8) is 0 Å². The molecule has 1 aromatic carbocycles. The van der Waals surface area contributed by atoms with E-state index in [4.69, 9.17) is 23.4 Å². The van der Waals surface area contributed by atoms with Crippen molar-refractivity contribution in [2.75, 3.05) is 7.11 Å². The maximum absolute atomic E-state index is 14.0. The minimum Gasteiger partial charge on any atom is -0.455 e. The molecule has 0 unspecified atom stereocenters. The molecular weight excluding hydrogens is 572 g/mol. The zero-order valence-corrected chi connectivity index (χ0v) is 29.7. The number of benzene rings is 1. The summed E-state index contributed by atoms with van der Waals surface area (Å²) in [5.41, 5.74) is -0.176. The molecule has 8 atom stereocenters. The second-order valence-corrected chi connectivity index (χ2v) is 19.8. The first-order valence-corrected chi connectivity index (χ1v) is 19.4. The highest BCUT2D eigenvalue weighted by atomic mass is 28.4. The van der Waals surface area contributed by atoms with E-state index in [2.05, 4.69) is 48.5 Å². The van der Waals surface area contributed by atoms with Gasteiger partial charge < -0.3 is 28.5 Å². The summed E-state index contributed by atoms with van der Waals surface area (Å²) in [5.74, 6) is -1.60. The van der Waals surface area contributed by atoms with E-state index in [1.165, 1.54) is 0 Å². The summed E-state index contributed by atoms with van der Waals surface area (Å²) in [4.78, 5) is 14.0. The van der Waals surface area contributed by atoms with Crippen molar-refractivity contribution in [1.29, 1.82) is 0 Å². The Morgan fingerprint density at radius 1 is 1.02 bits per heavy atom. The van der Waals surface area contributed by atoms with Gasteiger partial charge in [0.15, 0.2) is 14.1 Å². The van der Waals surface area contributed by atoms with Crippen LogP contribution in [-0.2, 0) is 23.4 Å². The summed E-state index contributed by atoms with van der Waals surface area (Å²) in [6.07, 6.45) is 0.800. The third kappa shape index (κ3) is 5.25. The van der Waals surface area contributed by atoms with Crippen LogP contribution in [0.3, 0.4) is 0 Å². The number of carbonyl (C=O) groups is 1. The molecule has 0 amide bonds. The number of hydrogen-bond donors (Lipinski definition) is 1. The van der Waals surface area contributed by atoms with Crippen LogP contribution in [0.5, 0.6) is 0 Å². The van der Waals surface area contributed by atoms with Gasteiger partial charge in [-0.05, 0) is 75.0 Å². The van der Waals surface area contributed by atoms with Crippen molar-refractivity contribution >= 4 is 14.3 Å². The normalized spacial score (nSPS) is 37.9. The lowest BCUT2D eigenvalue weighted by Crippen LogP contribution is -2.71. The van der Waals surface area contributed by atoms with Gasteiger partial charge in [-0.25, -0.2) is 4.79 Å². The van der Waals surface area contributed by atoms with Gasteiger partial charge in [-0.3, -0.25) is 0 Å². The summed E-state index contributed by atoms with van der Waals surface area (Å²) in [6.45, 7) is 19.2. The molecule has 0 aromatic heterocycles. The minimum absolute atomic E-state index is 0.238. The van der Waals surface area contributed by atoms with Crippen molar-refractivity contribution in [3.8, 4) is 0 Å². The largest absolute Gasteiger partial charge is 0.455 e. The molecule has 8 heteroatoms. The molecule has 246 valence electrons. The number of carbonyl (C=O) groups excluding carboxylic acids is 1. The number of hydrogen-bond acceptors (Lipinski definition) is 7. The van der Waals surface area contributed by atoms with Gasteiger partial charge >= 0.3 is 5.97 Å². The third-order valence-electron chi connectivity index (χ3n) is 12.2. The van der Waals surface area contributed by atoms with E-state index >= 15 is 0 Å². The van der Waals surface area contributed by atoms with Crippen LogP contribution in [0.4, 0.5) is 0 Å². The Labute approximate surface area is 266 Å². The van der Waals surface area contributed by atoms with E-state index in [-0.39, 0.29) is 30.3 Å². The monoisotopic (exact) mass is 628 g/mol. The number of methoxy groups -OCH3 is 1. The highest BCUT2D eigenvalue weighted by Gasteiger charge is 2.71. The third-order valence-corrected chi connectivity index (χ3v) is 16.9. The van der Waals surface area contributed by atoms with Crippen LogP contribution in [0, 0.1) is 16.7 Å². The molecular formula is C36H56O7Si. The van der Waals surface area contributed by atoms with Gasteiger partial charge in [0, 0.05) is 30.3 Å². The molecule has 44 heavy (non-hydrogen) atoms. The SMILES string of the molecule is CC[Si](CC)(CC)O[C@H]1C[C@@]2(O)[C@@H](OC(=O)c3ccccc3)[C@@H]3[C@H](OC)CCC[C@@]3(C)[C@H]3OC(C)(C)O[C@@H]3C(=C1C)C2(C)C. The highest BCUT2D eigenvalue weighted by Crippen LogP contribution is 2.64. The Bertz CT molecular complexity index is 1230. The van der Waals surface area contributed by atoms with Crippen molar-refractivity contribution in [1.82, 2.24) is 0 Å². The van der Waals surface area contributed by atoms with E-state index in [9.17, 15) is 9.90 Å². The van der Waals surface area contributed by atoms with Crippen LogP contribution in [0.2, 0.25) is 18.1 Å². The molecule has 3 aliphatic carbocycles. The zero-order chi connectivity index (χ0) is 32.3. The lowest BCUT2D eigenvalue weighted by atomic mass is 9.48. The standard InChI is InChI=1S/C36H56O7Si/c1-11-44(12-2,13-3)43-26-22-36(38)30(40-32(37)24-18-15-14-16-19-24)28-25(39-10)20-17-21-35(28,9)31-29(41-34(7,8)42-31)27(23(26)4)33(36,5)6/h14-16,18-19,25-26,28-31,38H,11-13,17,20-22H2,1-10H3/t25-,26+,28+,29-,30+,31+,35-,36-/m1/s1. The smallest absolute Gasteiger partial charge is 0.338 e. The molecule has 5 rings (SSSR count). The maximum Gasteiger partial charge on any atom is 0.338 e. The van der Waals surface area contributed by atoms with Crippen LogP contribution in [0.25, 0.3) is 0 Å². The van der Waals surface area contributed by atoms with E-state index in [0.29, 0.717) is 12.0 Å². The Balaban J connectivity index is 1.77. The Hall–Kier alpha value is -1.55. The fraction of sp³-hybridized carbons (Fsp3) is 0.750. The van der Waals surface area contributed by atoms with E-state index in [1.54, 1.807) is 19.2 Å². The minimum atomic E-state index is -2.09. The van der Waals surface area contributed by atoms with Gasteiger partial charge in [0.25, 0.3) is 0 Å². The fourth-order valence-electron chi connectivity index (χ4n) is 9.35. The zero-order valence-electron chi connectivity index (χ0n) is 28.7. The van der Waals surface area contributed by atoms with Crippen LogP contribution >= 0.6 is 0 Å². The second kappa shape index (κ2) is 11.9. The number of ether oxygens (including phenoxy) is 4. The molecule has 2 saturated carbocycles. The molecule has 2 bridgehead atoms. The fourth-order valence-corrected chi connectivity index (χ4v) is 12.2. The molecule has 1 aliphatic heterocycles. The topological polar surface area (TPSA) is 83.5 Å². The summed E-state index contributed by atoms with van der Waals surface area (Å²) >= 11 is 0. The highest BCUT2D eigenvalue weighted by molar-refractivity contribution is 6.73. The Morgan fingerprint density at radius 2 is 1.66 bits per heavy atom. The van der Waals surface area contributed by atoms with Crippen LogP contribution in [-0.4, -0.2) is 68.4 Å². The first-order valence-electron chi connectivity index (χ1n) is 16.9. The van der Waals surface area contributed by atoms with Crippen molar-refractivity contribution < 1.29 is 33.3 Å². The van der Waals surface area contributed by atoms with Gasteiger partial charge in [0.05, 0.1) is 23.9 Å². The summed E-state index contributed by atoms with van der Waals surface area (Å²) < 4.78 is 33.9. The molecule has 0 spiro atoms. The van der Waals surface area contributed by atoms with Gasteiger partial charge in [-0.2, -0.15) is 0 Å². The van der Waals surface area contributed by atoms with Crippen molar-refractivity contribution in [3.05, 3.63) is 47.0 Å². The van der Waals surface area contributed by atoms with Gasteiger partial charge in [0.2, 0.25) is 0 Å². The first-order chi connectivity index (χ1) is 20.6. The van der Waals surface area contributed by atoms with E-state index < -0.39 is 42.6 Å². The van der Waals surface area contributed by atoms with Crippen LogP contribution in [0.1, 0.15) is 98.4 Å². The molecule has 1 N–H and O–H groups in total. The second-order valence-electron chi connectivity index (χ2n) is 15.1. The van der Waals surface area contributed by atoms with Crippen LogP contribution in [0.15, 0.2) is 41.5 Å². The molecule has 0 radical (unpaired) electrons. The van der Waals surface area contributed by atoms with Crippen LogP contribution < -0.4 is 0 Å². The predicted octanol–water partition coefficient (Wildman–Crippen LogP) is 7.44. The average molecular weight is 629 g/mol. The molecule has 3 fully saturated rings. The summed E-state index contributed by atoms with van der Waals surface area (Å²) in [7, 11) is -0.355. The van der Waals surface area contributed by atoms with E-state index in [0.717, 1.165) is 48.5 Å². The van der Waals surface area contributed by atoms with Crippen molar-refractivity contribution in [2.24, 2.45) is 16.7 Å². The maximum atomic E-state index is 14.0. The van der Waals surface area contributed by atoms with Gasteiger partial charge in [0.1, 0.15) is 17.8 Å². The molecule has 1 aromatic rings. The quantitative estimate of drug-likeness (QED) is 0.182. The molecule has 4 aliphatic rings. The van der Waals surface area contributed by atoms with E-state index in [1.807, 2.05) is 32.0 Å². The molecule has 7 nitrogen and oxygen atoms in total. The Kier molecular flexibility index (Phi) is 9.15. The molecule has 1 heterocycles. The summed E-state index contributed by atoms with van der Waals surface area (Å²) in [6, 6.07) is 12.1. The lowest BCUT2D eigenvalue weighted by molar-refractivity contribution is -0.242. The Morgan fingerprint density at radius 3 is 2.25 bits per heavy atom. The summed E-state index contributed by atoms with van der Waals surface area (Å²) in [5, 5.41) is 13.5. The number of aliphatic hydroxyl groups is 1. The average Bonchev–Trinajstić information content (AvgIpc) is 3.32.